The van der Waals surface area contributed by atoms with Crippen molar-refractivity contribution in [2.75, 3.05) is 18.0 Å². The lowest BCUT2D eigenvalue weighted by Gasteiger charge is -2.28. The van der Waals surface area contributed by atoms with Crippen molar-refractivity contribution in [1.29, 1.82) is 0 Å². The van der Waals surface area contributed by atoms with Gasteiger partial charge in [0.25, 0.3) is 0 Å². The third kappa shape index (κ3) is 4.36. The Balaban J connectivity index is 2.00. The molecule has 2 atom stereocenters. The lowest BCUT2D eigenvalue weighted by molar-refractivity contribution is 0.146. The molecule has 0 spiro atoms. The molecule has 0 aliphatic heterocycles. The van der Waals surface area contributed by atoms with E-state index in [0.717, 1.165) is 5.69 Å². The van der Waals surface area contributed by atoms with E-state index >= 15 is 0 Å². The number of aliphatic hydroxyl groups is 2. The highest BCUT2D eigenvalue weighted by Gasteiger charge is 2.14. The summed E-state index contributed by atoms with van der Waals surface area (Å²) in [6.45, 7) is 3.13. The Morgan fingerprint density at radius 3 is 2.50 bits per heavy atom. The minimum atomic E-state index is -0.547. The van der Waals surface area contributed by atoms with Crippen molar-refractivity contribution in [3.63, 3.8) is 0 Å². The van der Waals surface area contributed by atoms with Crippen LogP contribution in [0.5, 0.6) is 0 Å². The Morgan fingerprint density at radius 1 is 1.15 bits per heavy atom. The number of benzene rings is 1. The minimum absolute atomic E-state index is 0.441. The number of para-hydroxylation sites is 1. The Hall–Kier alpha value is -1.85. The van der Waals surface area contributed by atoms with Gasteiger partial charge in [-0.25, -0.2) is 0 Å². The molecule has 0 aliphatic rings. The van der Waals surface area contributed by atoms with Crippen LogP contribution < -0.4 is 4.90 Å². The molecule has 0 bridgehead atoms. The van der Waals surface area contributed by atoms with Crippen molar-refractivity contribution in [3.8, 4) is 0 Å². The topological polar surface area (TPSA) is 61.5 Å². The van der Waals surface area contributed by atoms with Gasteiger partial charge in [-0.3, -0.25) is 4.68 Å². The Labute approximate surface area is 119 Å². The van der Waals surface area contributed by atoms with E-state index in [9.17, 15) is 10.2 Å². The van der Waals surface area contributed by atoms with Gasteiger partial charge in [-0.05, 0) is 25.1 Å². The van der Waals surface area contributed by atoms with E-state index in [1.807, 2.05) is 47.5 Å². The Bertz CT molecular complexity index is 485. The highest BCUT2D eigenvalue weighted by molar-refractivity contribution is 5.46. The molecule has 0 saturated carbocycles. The van der Waals surface area contributed by atoms with E-state index in [-0.39, 0.29) is 0 Å². The molecule has 2 aromatic rings. The van der Waals surface area contributed by atoms with Crippen LogP contribution in [0.2, 0.25) is 0 Å². The van der Waals surface area contributed by atoms with Crippen LogP contribution in [0.4, 0.5) is 5.69 Å². The fraction of sp³-hybridized carbons (Fsp3) is 0.400. The van der Waals surface area contributed by atoms with Crippen LogP contribution in [-0.4, -0.2) is 45.3 Å². The molecule has 0 aliphatic carbocycles. The molecule has 1 aromatic carbocycles. The van der Waals surface area contributed by atoms with E-state index < -0.39 is 12.2 Å². The van der Waals surface area contributed by atoms with Gasteiger partial charge in [0.2, 0.25) is 0 Å². The summed E-state index contributed by atoms with van der Waals surface area (Å²) >= 11 is 0. The highest BCUT2D eigenvalue weighted by Crippen LogP contribution is 2.14. The van der Waals surface area contributed by atoms with Gasteiger partial charge in [-0.15, -0.1) is 0 Å². The number of nitrogens with zero attached hydrogens (tertiary/aromatic N) is 3. The summed E-state index contributed by atoms with van der Waals surface area (Å²) < 4.78 is 1.70. The number of aliphatic hydroxyl groups excluding tert-OH is 2. The zero-order chi connectivity index (χ0) is 14.4. The number of anilines is 1. The Morgan fingerprint density at radius 2 is 1.90 bits per heavy atom. The molecular formula is C15H21N3O2. The first-order valence-corrected chi connectivity index (χ1v) is 6.78. The molecular weight excluding hydrogens is 254 g/mol. The van der Waals surface area contributed by atoms with Crippen LogP contribution in [0.1, 0.15) is 6.92 Å². The molecule has 1 aromatic heterocycles. The normalized spacial score (nSPS) is 13.9. The summed E-state index contributed by atoms with van der Waals surface area (Å²) in [5.74, 6) is 0. The summed E-state index contributed by atoms with van der Waals surface area (Å²) in [7, 11) is 0. The first-order valence-electron chi connectivity index (χ1n) is 6.78. The Kier molecular flexibility index (Phi) is 5.15. The average Bonchev–Trinajstić information content (AvgIpc) is 2.91. The summed E-state index contributed by atoms with van der Waals surface area (Å²) in [5, 5.41) is 23.9. The highest BCUT2D eigenvalue weighted by atomic mass is 16.3. The summed E-state index contributed by atoms with van der Waals surface area (Å²) in [5.41, 5.74) is 0.993. The van der Waals surface area contributed by atoms with E-state index in [2.05, 4.69) is 5.10 Å². The summed E-state index contributed by atoms with van der Waals surface area (Å²) in [6.07, 6.45) is 2.52. The van der Waals surface area contributed by atoms with E-state index in [1.54, 1.807) is 17.8 Å². The fourth-order valence-corrected chi connectivity index (χ4v) is 2.18. The van der Waals surface area contributed by atoms with E-state index in [1.165, 1.54) is 0 Å². The van der Waals surface area contributed by atoms with Gasteiger partial charge in [0.15, 0.2) is 0 Å². The second kappa shape index (κ2) is 7.07. The van der Waals surface area contributed by atoms with Crippen LogP contribution in [0, 0.1) is 0 Å². The van der Waals surface area contributed by atoms with Gasteiger partial charge in [0.1, 0.15) is 0 Å². The van der Waals surface area contributed by atoms with Gasteiger partial charge >= 0.3 is 0 Å². The predicted molar refractivity (Wildman–Crippen MR) is 78.6 cm³/mol. The molecule has 5 heteroatoms. The molecule has 2 N–H and O–H groups in total. The molecule has 2 rings (SSSR count). The van der Waals surface area contributed by atoms with Crippen molar-refractivity contribution in [2.24, 2.45) is 0 Å². The first-order chi connectivity index (χ1) is 9.65. The molecule has 20 heavy (non-hydrogen) atoms. The average molecular weight is 275 g/mol. The zero-order valence-electron chi connectivity index (χ0n) is 11.6. The van der Waals surface area contributed by atoms with Crippen molar-refractivity contribution in [1.82, 2.24) is 9.78 Å². The second-order valence-electron chi connectivity index (χ2n) is 4.97. The monoisotopic (exact) mass is 275 g/mol. The zero-order valence-corrected chi connectivity index (χ0v) is 11.6. The van der Waals surface area contributed by atoms with Gasteiger partial charge in [-0.1, -0.05) is 18.2 Å². The molecule has 108 valence electrons. The minimum Gasteiger partial charge on any atom is -0.392 e. The van der Waals surface area contributed by atoms with Gasteiger partial charge in [0.05, 0.1) is 18.8 Å². The smallest absolute Gasteiger partial charge is 0.0910 e. The fourth-order valence-electron chi connectivity index (χ4n) is 2.18. The predicted octanol–water partition coefficient (Wildman–Crippen LogP) is 1.13. The number of aromatic nitrogens is 2. The maximum absolute atomic E-state index is 10.2. The van der Waals surface area contributed by atoms with Gasteiger partial charge < -0.3 is 15.1 Å². The largest absolute Gasteiger partial charge is 0.392 e. The molecule has 0 fully saturated rings. The summed E-state index contributed by atoms with van der Waals surface area (Å²) in [4.78, 5) is 1.98. The maximum Gasteiger partial charge on any atom is 0.0910 e. The third-order valence-electron chi connectivity index (χ3n) is 2.99. The molecule has 0 radical (unpaired) electrons. The molecule has 1 heterocycles. The van der Waals surface area contributed by atoms with Crippen molar-refractivity contribution in [3.05, 3.63) is 48.8 Å². The number of hydrogen-bond donors (Lipinski definition) is 2. The van der Waals surface area contributed by atoms with Crippen molar-refractivity contribution < 1.29 is 10.2 Å². The van der Waals surface area contributed by atoms with Crippen molar-refractivity contribution in [2.45, 2.75) is 25.7 Å². The van der Waals surface area contributed by atoms with Crippen LogP contribution >= 0.6 is 0 Å². The van der Waals surface area contributed by atoms with E-state index in [4.69, 9.17) is 0 Å². The second-order valence-corrected chi connectivity index (χ2v) is 4.97. The maximum atomic E-state index is 10.2. The SMILES string of the molecule is C[C@H](O)CN(C[C@@H](O)Cn1cccn1)c1ccccc1. The lowest BCUT2D eigenvalue weighted by atomic mass is 10.2. The van der Waals surface area contributed by atoms with Gasteiger partial charge in [-0.2, -0.15) is 5.10 Å². The molecule has 0 amide bonds. The third-order valence-corrected chi connectivity index (χ3v) is 2.99. The van der Waals surface area contributed by atoms with Crippen LogP contribution in [0.3, 0.4) is 0 Å². The standard InChI is InChI=1S/C15H21N3O2/c1-13(19)10-17(14-6-3-2-4-7-14)11-15(20)12-18-9-5-8-16-18/h2-9,13,15,19-20H,10-12H2,1H3/t13-,15+/m0/s1. The lowest BCUT2D eigenvalue weighted by Crippen LogP contribution is -2.38. The molecule has 5 nitrogen and oxygen atoms in total. The first kappa shape index (κ1) is 14.6. The number of rotatable bonds is 7. The van der Waals surface area contributed by atoms with Crippen LogP contribution in [0.25, 0.3) is 0 Å². The molecule has 0 saturated heterocycles. The molecule has 0 unspecified atom stereocenters. The number of hydrogen-bond acceptors (Lipinski definition) is 4. The summed E-state index contributed by atoms with van der Waals surface area (Å²) in [6, 6.07) is 11.6. The quantitative estimate of drug-likeness (QED) is 0.795. The van der Waals surface area contributed by atoms with Crippen LogP contribution in [-0.2, 0) is 6.54 Å². The van der Waals surface area contributed by atoms with Crippen molar-refractivity contribution >= 4 is 5.69 Å². The van der Waals surface area contributed by atoms with E-state index in [0.29, 0.717) is 19.6 Å². The van der Waals surface area contributed by atoms with Gasteiger partial charge in [0, 0.05) is 31.2 Å². The van der Waals surface area contributed by atoms with Crippen LogP contribution in [0.15, 0.2) is 48.8 Å².